The maximum atomic E-state index is 13.3. The van der Waals surface area contributed by atoms with Crippen molar-refractivity contribution in [1.82, 2.24) is 9.78 Å². The van der Waals surface area contributed by atoms with Crippen molar-refractivity contribution < 1.29 is 18.0 Å². The summed E-state index contributed by atoms with van der Waals surface area (Å²) in [6.07, 6.45) is 0. The Kier molecular flexibility index (Phi) is 5.36. The van der Waals surface area contributed by atoms with Gasteiger partial charge in [0.05, 0.1) is 16.9 Å². The van der Waals surface area contributed by atoms with Crippen molar-refractivity contribution in [2.75, 3.05) is 5.32 Å². The van der Waals surface area contributed by atoms with Gasteiger partial charge in [0.25, 0.3) is 11.7 Å². The van der Waals surface area contributed by atoms with Crippen LogP contribution in [0.2, 0.25) is 0 Å². The molecular weight excluding hydrogens is 407 g/mol. The predicted molar refractivity (Wildman–Crippen MR) is 105 cm³/mol. The zero-order valence-electron chi connectivity index (χ0n) is 14.4. The number of carbonyl (C=O) groups excluding carboxylic acids is 1. The molecule has 0 atom stereocenters. The molecular formula is C19H14F3N3OS2. The Labute approximate surface area is 167 Å². The van der Waals surface area contributed by atoms with Gasteiger partial charge in [-0.25, -0.2) is 9.07 Å². The fourth-order valence-corrected chi connectivity index (χ4v) is 4.61. The summed E-state index contributed by atoms with van der Waals surface area (Å²) in [7, 11) is 0. The summed E-state index contributed by atoms with van der Waals surface area (Å²) in [6, 6.07) is 12.0. The van der Waals surface area contributed by atoms with Crippen molar-refractivity contribution in [2.45, 2.75) is 22.2 Å². The molecule has 0 radical (unpaired) electrons. The van der Waals surface area contributed by atoms with Crippen LogP contribution >= 0.6 is 23.5 Å². The van der Waals surface area contributed by atoms with Gasteiger partial charge in [0.15, 0.2) is 0 Å². The van der Waals surface area contributed by atoms with Crippen LogP contribution in [0.25, 0.3) is 5.69 Å². The molecule has 0 spiro atoms. The van der Waals surface area contributed by atoms with Crippen LogP contribution in [-0.4, -0.2) is 21.4 Å². The molecule has 1 amide bonds. The second-order valence-electron chi connectivity index (χ2n) is 5.98. The highest BCUT2D eigenvalue weighted by molar-refractivity contribution is 7.99. The molecule has 28 heavy (non-hydrogen) atoms. The SMILES string of the molecule is O=C(Nc1c2c(nn1-c1ccc(F)cc1)CSC2)c1ccccc1SC(F)F. The molecule has 0 unspecified atom stereocenters. The number of nitrogens with zero attached hydrogens (tertiary/aromatic N) is 2. The maximum absolute atomic E-state index is 13.3. The second-order valence-corrected chi connectivity index (χ2v) is 8.00. The molecule has 4 nitrogen and oxygen atoms in total. The Hall–Kier alpha value is -2.39. The van der Waals surface area contributed by atoms with E-state index in [-0.39, 0.29) is 16.3 Å². The van der Waals surface area contributed by atoms with Gasteiger partial charge < -0.3 is 5.32 Å². The Morgan fingerprint density at radius 2 is 1.89 bits per heavy atom. The molecule has 0 bridgehead atoms. The first kappa shape index (κ1) is 18.9. The van der Waals surface area contributed by atoms with Gasteiger partial charge in [-0.3, -0.25) is 4.79 Å². The molecule has 1 aliphatic rings. The minimum absolute atomic E-state index is 0.166. The highest BCUT2D eigenvalue weighted by atomic mass is 32.2. The van der Waals surface area contributed by atoms with Gasteiger partial charge in [-0.1, -0.05) is 23.9 Å². The van der Waals surface area contributed by atoms with E-state index in [0.29, 0.717) is 34.8 Å². The molecule has 0 fully saturated rings. The zero-order chi connectivity index (χ0) is 19.7. The maximum Gasteiger partial charge on any atom is 0.288 e. The molecule has 0 aliphatic carbocycles. The lowest BCUT2D eigenvalue weighted by Crippen LogP contribution is -2.17. The summed E-state index contributed by atoms with van der Waals surface area (Å²) in [5.74, 6) is -1.62. The van der Waals surface area contributed by atoms with Gasteiger partial charge in [-0.05, 0) is 36.4 Å². The van der Waals surface area contributed by atoms with Crippen molar-refractivity contribution in [3.63, 3.8) is 0 Å². The van der Waals surface area contributed by atoms with Gasteiger partial charge >= 0.3 is 0 Å². The number of thioether (sulfide) groups is 2. The van der Waals surface area contributed by atoms with E-state index >= 15 is 0 Å². The first-order valence-corrected chi connectivity index (χ1v) is 10.4. The lowest BCUT2D eigenvalue weighted by molar-refractivity contribution is 0.102. The average Bonchev–Trinajstić information content (AvgIpc) is 3.25. The van der Waals surface area contributed by atoms with E-state index in [4.69, 9.17) is 0 Å². The molecule has 1 aromatic heterocycles. The topological polar surface area (TPSA) is 46.9 Å². The first-order chi connectivity index (χ1) is 13.5. The van der Waals surface area contributed by atoms with Gasteiger partial charge in [-0.2, -0.15) is 25.6 Å². The number of rotatable bonds is 5. The second kappa shape index (κ2) is 7.92. The van der Waals surface area contributed by atoms with Crippen molar-refractivity contribution in [3.05, 3.63) is 71.2 Å². The van der Waals surface area contributed by atoms with E-state index in [0.717, 1.165) is 11.3 Å². The standard InChI is InChI=1S/C19H14F3N3OS2/c20-11-5-7-12(8-6-11)25-17(14-9-27-10-15(14)24-25)23-18(26)13-3-1-2-4-16(13)28-19(21)22/h1-8,19H,9-10H2,(H,23,26). The lowest BCUT2D eigenvalue weighted by Gasteiger charge is -2.13. The van der Waals surface area contributed by atoms with Crippen LogP contribution in [0.4, 0.5) is 19.0 Å². The van der Waals surface area contributed by atoms with E-state index < -0.39 is 11.7 Å². The number of nitrogens with one attached hydrogen (secondary N) is 1. The minimum atomic E-state index is -2.63. The largest absolute Gasteiger partial charge is 0.306 e. The summed E-state index contributed by atoms with van der Waals surface area (Å²) >= 11 is 2.01. The zero-order valence-corrected chi connectivity index (χ0v) is 16.0. The van der Waals surface area contributed by atoms with E-state index in [1.54, 1.807) is 40.7 Å². The highest BCUT2D eigenvalue weighted by Crippen LogP contribution is 2.37. The molecule has 9 heteroatoms. The molecule has 3 aromatic rings. The van der Waals surface area contributed by atoms with Crippen LogP contribution in [0, 0.1) is 5.82 Å². The van der Waals surface area contributed by atoms with Crippen LogP contribution in [0.3, 0.4) is 0 Å². The normalized spacial score (nSPS) is 13.0. The number of amides is 1. The van der Waals surface area contributed by atoms with Crippen LogP contribution in [0.1, 0.15) is 21.6 Å². The van der Waals surface area contributed by atoms with Crippen LogP contribution in [-0.2, 0) is 11.5 Å². The molecule has 2 heterocycles. The van der Waals surface area contributed by atoms with Crippen LogP contribution < -0.4 is 5.32 Å². The number of hydrogen-bond donors (Lipinski definition) is 1. The fraction of sp³-hybridized carbons (Fsp3) is 0.158. The number of carbonyl (C=O) groups is 1. The van der Waals surface area contributed by atoms with Crippen molar-refractivity contribution in [2.24, 2.45) is 0 Å². The number of fused-ring (bicyclic) bond motifs is 1. The van der Waals surface area contributed by atoms with Gasteiger partial charge in [-0.15, -0.1) is 0 Å². The lowest BCUT2D eigenvalue weighted by atomic mass is 10.2. The highest BCUT2D eigenvalue weighted by Gasteiger charge is 2.26. The van der Waals surface area contributed by atoms with E-state index in [2.05, 4.69) is 10.4 Å². The molecule has 2 aromatic carbocycles. The smallest absolute Gasteiger partial charge is 0.288 e. The Morgan fingerprint density at radius 1 is 1.14 bits per heavy atom. The predicted octanol–water partition coefficient (Wildman–Crippen LogP) is 5.33. The van der Waals surface area contributed by atoms with Gasteiger partial charge in [0.1, 0.15) is 11.6 Å². The summed E-state index contributed by atoms with van der Waals surface area (Å²) < 4.78 is 40.5. The van der Waals surface area contributed by atoms with Gasteiger partial charge in [0.2, 0.25) is 0 Å². The van der Waals surface area contributed by atoms with Crippen LogP contribution in [0.5, 0.6) is 0 Å². The fourth-order valence-electron chi connectivity index (χ4n) is 2.94. The Morgan fingerprint density at radius 3 is 2.64 bits per heavy atom. The number of benzene rings is 2. The number of aromatic nitrogens is 2. The monoisotopic (exact) mass is 421 g/mol. The molecule has 0 saturated heterocycles. The quantitative estimate of drug-likeness (QED) is 0.566. The summed E-state index contributed by atoms with van der Waals surface area (Å²) in [5, 5.41) is 7.37. The molecule has 144 valence electrons. The summed E-state index contributed by atoms with van der Waals surface area (Å²) in [4.78, 5) is 13.1. The molecule has 4 rings (SSSR count). The average molecular weight is 421 g/mol. The summed E-state index contributed by atoms with van der Waals surface area (Å²) in [6.45, 7) is 0. The third kappa shape index (κ3) is 3.77. The Bertz CT molecular complexity index is 1020. The minimum Gasteiger partial charge on any atom is -0.306 e. The molecule has 1 N–H and O–H groups in total. The third-order valence-electron chi connectivity index (χ3n) is 4.20. The van der Waals surface area contributed by atoms with E-state index in [1.807, 2.05) is 0 Å². The molecule has 1 aliphatic heterocycles. The number of anilines is 1. The van der Waals surface area contributed by atoms with E-state index in [1.165, 1.54) is 24.3 Å². The molecule has 0 saturated carbocycles. The summed E-state index contributed by atoms with van der Waals surface area (Å²) in [5.41, 5.74) is 2.51. The van der Waals surface area contributed by atoms with Crippen LogP contribution in [0.15, 0.2) is 53.4 Å². The number of hydrogen-bond acceptors (Lipinski definition) is 4. The van der Waals surface area contributed by atoms with Gasteiger partial charge in [0, 0.05) is 22.0 Å². The Balaban J connectivity index is 1.70. The van der Waals surface area contributed by atoms with Crippen molar-refractivity contribution in [1.29, 1.82) is 0 Å². The first-order valence-electron chi connectivity index (χ1n) is 8.32. The third-order valence-corrected chi connectivity index (χ3v) is 5.96. The number of alkyl halides is 2. The number of halogens is 3. The van der Waals surface area contributed by atoms with Crippen molar-refractivity contribution in [3.8, 4) is 5.69 Å². The van der Waals surface area contributed by atoms with E-state index in [9.17, 15) is 18.0 Å². The van der Waals surface area contributed by atoms with Crippen molar-refractivity contribution >= 4 is 35.2 Å².